The number of nitrogens with zero attached hydrogens (tertiary/aromatic N) is 1. The molecular formula is C18H18Cl2FN2O3S+. The summed E-state index contributed by atoms with van der Waals surface area (Å²) >= 11 is 11.9. The highest BCUT2D eigenvalue weighted by Crippen LogP contribution is 2.27. The van der Waals surface area contributed by atoms with Gasteiger partial charge in [-0.3, -0.25) is 4.79 Å². The zero-order valence-corrected chi connectivity index (χ0v) is 16.6. The second-order valence-electron chi connectivity index (χ2n) is 6.34. The van der Waals surface area contributed by atoms with Crippen LogP contribution in [0.2, 0.25) is 10.0 Å². The molecule has 1 saturated heterocycles. The average Bonchev–Trinajstić information content (AvgIpc) is 2.64. The molecule has 1 N–H and O–H groups in total. The van der Waals surface area contributed by atoms with Crippen LogP contribution >= 0.6 is 23.2 Å². The smallest absolute Gasteiger partial charge is 0.245 e. The molecule has 0 aromatic heterocycles. The highest BCUT2D eigenvalue weighted by atomic mass is 35.5. The van der Waals surface area contributed by atoms with Crippen LogP contribution in [0.25, 0.3) is 0 Å². The summed E-state index contributed by atoms with van der Waals surface area (Å²) < 4.78 is 39.9. The highest BCUT2D eigenvalue weighted by Gasteiger charge is 2.32. The van der Waals surface area contributed by atoms with Crippen molar-refractivity contribution in [1.29, 1.82) is 0 Å². The molecule has 144 valence electrons. The molecule has 1 aliphatic rings. The summed E-state index contributed by atoms with van der Waals surface area (Å²) in [5.74, 6) is -0.489. The number of halogens is 3. The van der Waals surface area contributed by atoms with Gasteiger partial charge in [0.15, 0.2) is 0 Å². The molecule has 27 heavy (non-hydrogen) atoms. The van der Waals surface area contributed by atoms with Crippen LogP contribution < -0.4 is 4.90 Å². The number of carbonyl (C=O) groups is 1. The molecule has 3 rings (SSSR count). The number of hydrogen-bond donors (Lipinski definition) is 1. The molecule has 9 heteroatoms. The van der Waals surface area contributed by atoms with E-state index < -0.39 is 15.8 Å². The van der Waals surface area contributed by atoms with Crippen molar-refractivity contribution in [3.8, 4) is 0 Å². The summed E-state index contributed by atoms with van der Waals surface area (Å²) in [6.07, 6.45) is 0. The van der Waals surface area contributed by atoms with E-state index >= 15 is 0 Å². The van der Waals surface area contributed by atoms with Crippen molar-refractivity contribution in [2.45, 2.75) is 4.90 Å². The second-order valence-corrected chi connectivity index (χ2v) is 9.09. The predicted molar refractivity (Wildman–Crippen MR) is 102 cm³/mol. The first-order valence-electron chi connectivity index (χ1n) is 8.35. The minimum absolute atomic E-state index is 0.0116. The molecule has 2 aromatic rings. The van der Waals surface area contributed by atoms with E-state index in [1.807, 2.05) is 0 Å². The number of piperazine rings is 1. The molecule has 0 aliphatic carbocycles. The van der Waals surface area contributed by atoms with Crippen LogP contribution in [0.15, 0.2) is 47.4 Å². The summed E-state index contributed by atoms with van der Waals surface area (Å²) in [4.78, 5) is 13.3. The summed E-state index contributed by atoms with van der Waals surface area (Å²) in [7, 11) is -3.75. The number of hydrogen-bond acceptors (Lipinski definition) is 3. The minimum Gasteiger partial charge on any atom is -0.326 e. The van der Waals surface area contributed by atoms with Crippen molar-refractivity contribution >= 4 is 39.0 Å². The average molecular weight is 432 g/mol. The summed E-state index contributed by atoms with van der Waals surface area (Å²) in [5.41, 5.74) is 0.449. The Morgan fingerprint density at radius 2 is 1.70 bits per heavy atom. The highest BCUT2D eigenvalue weighted by molar-refractivity contribution is 7.89. The van der Waals surface area contributed by atoms with Crippen LogP contribution in [0.3, 0.4) is 0 Å². The van der Waals surface area contributed by atoms with Crippen molar-refractivity contribution in [2.75, 3.05) is 32.7 Å². The fraction of sp³-hybridized carbons (Fsp3) is 0.278. The Bertz CT molecular complexity index is 944. The number of rotatable bonds is 5. The van der Waals surface area contributed by atoms with Gasteiger partial charge in [-0.1, -0.05) is 23.2 Å². The summed E-state index contributed by atoms with van der Waals surface area (Å²) in [6, 6.07) is 9.75. The molecule has 0 bridgehead atoms. The van der Waals surface area contributed by atoms with E-state index in [2.05, 4.69) is 0 Å². The van der Waals surface area contributed by atoms with Crippen molar-refractivity contribution < 1.29 is 22.5 Å². The van der Waals surface area contributed by atoms with Gasteiger partial charge < -0.3 is 4.90 Å². The van der Waals surface area contributed by atoms with Crippen molar-refractivity contribution in [1.82, 2.24) is 4.31 Å². The standard InChI is InChI=1S/C18H17Cl2FN2O3S/c19-14-3-6-16(20)18(11-14)27(25,26)23-9-7-22(8-10-23)12-17(24)13-1-4-15(21)5-2-13/h1-6,11H,7-10,12H2/p+1. The van der Waals surface area contributed by atoms with Gasteiger partial charge >= 0.3 is 0 Å². The maximum absolute atomic E-state index is 13.0. The monoisotopic (exact) mass is 431 g/mol. The van der Waals surface area contributed by atoms with Crippen LogP contribution in [0.1, 0.15) is 10.4 Å². The van der Waals surface area contributed by atoms with Crippen LogP contribution in [-0.4, -0.2) is 51.2 Å². The van der Waals surface area contributed by atoms with Crippen LogP contribution in [-0.2, 0) is 10.0 Å². The van der Waals surface area contributed by atoms with E-state index in [-0.39, 0.29) is 35.3 Å². The Kier molecular flexibility index (Phi) is 6.18. The first kappa shape index (κ1) is 20.2. The summed E-state index contributed by atoms with van der Waals surface area (Å²) in [5, 5.41) is 0.424. The zero-order valence-electron chi connectivity index (χ0n) is 14.3. The topological polar surface area (TPSA) is 58.9 Å². The van der Waals surface area contributed by atoms with Crippen LogP contribution in [0.5, 0.6) is 0 Å². The van der Waals surface area contributed by atoms with Gasteiger partial charge in [0.2, 0.25) is 15.8 Å². The molecule has 0 amide bonds. The van der Waals surface area contributed by atoms with E-state index in [9.17, 15) is 17.6 Å². The molecule has 1 aliphatic heterocycles. The van der Waals surface area contributed by atoms with E-state index in [1.54, 1.807) is 0 Å². The molecule has 0 unspecified atom stereocenters. The number of carbonyl (C=O) groups excluding carboxylic acids is 1. The third-order valence-corrected chi connectivity index (χ3v) is 7.13. The third kappa shape index (κ3) is 4.67. The Balaban J connectivity index is 1.63. The molecule has 1 heterocycles. The van der Waals surface area contributed by atoms with Gasteiger partial charge in [-0.25, -0.2) is 12.8 Å². The minimum atomic E-state index is -3.75. The quantitative estimate of drug-likeness (QED) is 0.735. The fourth-order valence-corrected chi connectivity index (χ4v) is 5.18. The van der Waals surface area contributed by atoms with Crippen LogP contribution in [0, 0.1) is 5.82 Å². The van der Waals surface area contributed by atoms with E-state index in [1.165, 1.54) is 46.8 Å². The fourth-order valence-electron chi connectivity index (χ4n) is 3.00. The van der Waals surface area contributed by atoms with E-state index in [0.717, 1.165) is 4.90 Å². The molecule has 1 fully saturated rings. The van der Waals surface area contributed by atoms with Gasteiger partial charge in [-0.05, 0) is 42.5 Å². The SMILES string of the molecule is O=C(C[NH+]1CCN(S(=O)(=O)c2cc(Cl)ccc2Cl)CC1)c1ccc(F)cc1. The lowest BCUT2D eigenvalue weighted by molar-refractivity contribution is -0.895. The Morgan fingerprint density at radius 1 is 1.07 bits per heavy atom. The van der Waals surface area contributed by atoms with Gasteiger partial charge in [-0.2, -0.15) is 4.31 Å². The normalized spacial score (nSPS) is 16.4. The first-order valence-corrected chi connectivity index (χ1v) is 10.5. The molecule has 0 radical (unpaired) electrons. The van der Waals surface area contributed by atoms with Gasteiger partial charge in [0.05, 0.1) is 31.2 Å². The molecule has 5 nitrogen and oxygen atoms in total. The van der Waals surface area contributed by atoms with Gasteiger partial charge in [-0.15, -0.1) is 0 Å². The number of sulfonamides is 1. The van der Waals surface area contributed by atoms with Crippen molar-refractivity contribution in [3.63, 3.8) is 0 Å². The third-order valence-electron chi connectivity index (χ3n) is 4.52. The van der Waals surface area contributed by atoms with Gasteiger partial charge in [0.1, 0.15) is 17.3 Å². The molecule has 0 saturated carbocycles. The maximum atomic E-state index is 13.0. The number of ketones is 1. The number of quaternary nitrogens is 1. The Morgan fingerprint density at radius 3 is 2.33 bits per heavy atom. The largest absolute Gasteiger partial charge is 0.326 e. The lowest BCUT2D eigenvalue weighted by atomic mass is 10.1. The predicted octanol–water partition coefficient (Wildman–Crippen LogP) is 1.90. The number of benzene rings is 2. The maximum Gasteiger partial charge on any atom is 0.245 e. The van der Waals surface area contributed by atoms with E-state index in [0.29, 0.717) is 23.7 Å². The van der Waals surface area contributed by atoms with Gasteiger partial charge in [0, 0.05) is 10.6 Å². The zero-order chi connectivity index (χ0) is 19.6. The van der Waals surface area contributed by atoms with Crippen LogP contribution in [0.4, 0.5) is 4.39 Å². The van der Waals surface area contributed by atoms with E-state index in [4.69, 9.17) is 23.2 Å². The number of nitrogens with one attached hydrogen (secondary N) is 1. The lowest BCUT2D eigenvalue weighted by Crippen LogP contribution is -3.15. The summed E-state index contributed by atoms with van der Waals surface area (Å²) in [6.45, 7) is 1.76. The van der Waals surface area contributed by atoms with Crippen molar-refractivity contribution in [3.05, 3.63) is 63.9 Å². The molecule has 0 spiro atoms. The molecule has 0 atom stereocenters. The second kappa shape index (κ2) is 8.24. The Hall–Kier alpha value is -1.51. The molecule has 2 aromatic carbocycles. The lowest BCUT2D eigenvalue weighted by Gasteiger charge is -2.31. The van der Waals surface area contributed by atoms with Crippen molar-refractivity contribution in [2.24, 2.45) is 0 Å². The van der Waals surface area contributed by atoms with Gasteiger partial charge in [0.25, 0.3) is 0 Å². The number of Topliss-reactive ketones (excluding diaryl/α,β-unsaturated/α-hetero) is 1. The Labute approximate surface area is 167 Å². The molecular weight excluding hydrogens is 414 g/mol. The first-order chi connectivity index (χ1) is 12.8.